The van der Waals surface area contributed by atoms with Gasteiger partial charge in [0.2, 0.25) is 20.5 Å². The summed E-state index contributed by atoms with van der Waals surface area (Å²) in [5, 5.41) is 3.65. The third kappa shape index (κ3) is 5.85. The van der Waals surface area contributed by atoms with E-state index in [2.05, 4.69) is 19.5 Å². The van der Waals surface area contributed by atoms with Gasteiger partial charge in [0.15, 0.2) is 0 Å². The Balaban J connectivity index is 1.44. The number of benzene rings is 2. The summed E-state index contributed by atoms with van der Waals surface area (Å²) in [5.74, 6) is -0.943. The van der Waals surface area contributed by atoms with Gasteiger partial charge in [0.1, 0.15) is 5.75 Å². The van der Waals surface area contributed by atoms with E-state index >= 15 is 0 Å². The summed E-state index contributed by atoms with van der Waals surface area (Å²) in [6.45, 7) is 2.92. The molecule has 1 N–H and O–H groups in total. The maximum Gasteiger partial charge on any atom is 0.257 e. The zero-order valence-electron chi connectivity index (χ0n) is 24.2. The number of pyridine rings is 1. The zero-order valence-corrected chi connectivity index (χ0v) is 27.4. The Morgan fingerprint density at radius 3 is 2.53 bits per heavy atom. The SMILES string of the molecule is COc1cc(P)c(-c2cc(C)ccn2)cc1C(=O)N(C)[C@H]1[C@@H](C(=O)Nc2cccc(S(=O)(=O)C(C)(F)P)c2)[C@H]2C=C[C@H]1C2. The third-order valence-electron chi connectivity index (χ3n) is 8.22. The number of methoxy groups -OCH3 is 1. The maximum absolute atomic E-state index is 14.4. The van der Waals surface area contributed by atoms with Gasteiger partial charge in [0.05, 0.1) is 35.2 Å². The summed E-state index contributed by atoms with van der Waals surface area (Å²) >= 11 is 0. The largest absolute Gasteiger partial charge is 0.496 e. The number of rotatable bonds is 8. The van der Waals surface area contributed by atoms with E-state index < -0.39 is 26.5 Å². The van der Waals surface area contributed by atoms with E-state index in [0.29, 0.717) is 17.7 Å². The van der Waals surface area contributed by atoms with Crippen molar-refractivity contribution in [3.05, 3.63) is 78.0 Å². The number of nitrogens with one attached hydrogen (secondary N) is 1. The molecule has 1 heterocycles. The lowest BCUT2D eigenvalue weighted by Crippen LogP contribution is -2.48. The number of aromatic nitrogens is 1. The molecular weight excluding hydrogens is 607 g/mol. The van der Waals surface area contributed by atoms with Gasteiger partial charge >= 0.3 is 0 Å². The standard InChI is InChI=1S/C31H34FN3O5P2S/c1-17-10-11-33-24(12-17)22-15-23(25(40-4)16-26(22)41)30(37)35(3)28-19-9-8-18(13-19)27(28)29(36)34-20-6-5-7-21(14-20)43(38,39)31(2,32)42/h5-12,14-16,18-19,27-28H,13,41-42H2,1-4H3,(H,34,36)/t18-,19-,27-,28+,31?/m0/s1. The summed E-state index contributed by atoms with van der Waals surface area (Å²) in [7, 11) is 3.26. The molecule has 2 aliphatic carbocycles. The lowest BCUT2D eigenvalue weighted by molar-refractivity contribution is -0.122. The molecule has 3 unspecified atom stereocenters. The van der Waals surface area contributed by atoms with Crippen LogP contribution < -0.4 is 15.4 Å². The first kappa shape index (κ1) is 31.2. The molecular formula is C31H34FN3O5P2S. The highest BCUT2D eigenvalue weighted by molar-refractivity contribution is 7.96. The number of carbonyl (C=O) groups excluding carboxylic acids is 2. The molecule has 0 radical (unpaired) electrons. The number of nitrogens with zero attached hydrogens (tertiary/aromatic N) is 2. The number of hydrogen-bond donors (Lipinski definition) is 1. The minimum atomic E-state index is -4.30. The second kappa shape index (κ2) is 11.7. The van der Waals surface area contributed by atoms with Crippen LogP contribution in [0.1, 0.15) is 29.3 Å². The van der Waals surface area contributed by atoms with Gasteiger partial charge in [-0.2, -0.15) is 0 Å². The lowest BCUT2D eigenvalue weighted by Gasteiger charge is -2.35. The topological polar surface area (TPSA) is 106 Å². The van der Waals surface area contributed by atoms with E-state index in [1.165, 1.54) is 25.3 Å². The van der Waals surface area contributed by atoms with Crippen LogP contribution in [0.3, 0.4) is 0 Å². The maximum atomic E-state index is 14.4. The van der Waals surface area contributed by atoms with Crippen molar-refractivity contribution in [3.63, 3.8) is 0 Å². The summed E-state index contributed by atoms with van der Waals surface area (Å²) in [6.07, 6.45) is 6.48. The van der Waals surface area contributed by atoms with E-state index in [9.17, 15) is 22.4 Å². The van der Waals surface area contributed by atoms with Gasteiger partial charge in [-0.05, 0) is 85.4 Å². The molecule has 1 aromatic heterocycles. The molecule has 2 amide bonds. The summed E-state index contributed by atoms with van der Waals surface area (Å²) in [4.78, 5) is 33.7. The van der Waals surface area contributed by atoms with Crippen LogP contribution in [-0.2, 0) is 14.6 Å². The fourth-order valence-electron chi connectivity index (χ4n) is 6.03. The molecule has 0 aliphatic heterocycles. The molecule has 0 saturated heterocycles. The van der Waals surface area contributed by atoms with Crippen molar-refractivity contribution >= 4 is 51.1 Å². The number of anilines is 1. The monoisotopic (exact) mass is 641 g/mol. The quantitative estimate of drug-likeness (QED) is 0.281. The number of allylic oxidation sites excluding steroid dienone is 1. The van der Waals surface area contributed by atoms with Crippen LogP contribution >= 0.6 is 18.5 Å². The van der Waals surface area contributed by atoms with Gasteiger partial charge in [0.25, 0.3) is 5.91 Å². The normalized spacial score (nSPS) is 22.2. The highest BCUT2D eigenvalue weighted by Gasteiger charge is 2.51. The Bertz CT molecular complexity index is 1740. The van der Waals surface area contributed by atoms with Crippen molar-refractivity contribution in [2.24, 2.45) is 17.8 Å². The Morgan fingerprint density at radius 1 is 1.14 bits per heavy atom. The second-order valence-electron chi connectivity index (χ2n) is 11.2. The summed E-state index contributed by atoms with van der Waals surface area (Å²) in [5.41, 5.74) is 3.12. The Morgan fingerprint density at radius 2 is 1.86 bits per heavy atom. The predicted molar refractivity (Wildman–Crippen MR) is 172 cm³/mol. The van der Waals surface area contributed by atoms with Crippen LogP contribution in [0.25, 0.3) is 11.3 Å². The molecule has 43 heavy (non-hydrogen) atoms. The van der Waals surface area contributed by atoms with Crippen LogP contribution in [-0.4, -0.2) is 55.1 Å². The number of alkyl halides is 1. The van der Waals surface area contributed by atoms with Gasteiger partial charge < -0.3 is 15.0 Å². The first-order chi connectivity index (χ1) is 20.2. The Kier molecular flexibility index (Phi) is 8.51. The van der Waals surface area contributed by atoms with E-state index in [1.54, 1.807) is 45.6 Å². The number of amides is 2. The minimum absolute atomic E-state index is 0.0318. The van der Waals surface area contributed by atoms with E-state index in [-0.39, 0.29) is 34.2 Å². The van der Waals surface area contributed by atoms with E-state index in [4.69, 9.17) is 4.74 Å². The number of sulfone groups is 1. The molecule has 12 heteroatoms. The number of fused-ring (bicyclic) bond motifs is 2. The molecule has 7 atom stereocenters. The van der Waals surface area contributed by atoms with Gasteiger partial charge in [-0.3, -0.25) is 14.6 Å². The zero-order chi connectivity index (χ0) is 31.3. The number of aryl methyl sites for hydroxylation is 1. The van der Waals surface area contributed by atoms with Crippen molar-refractivity contribution in [3.8, 4) is 17.0 Å². The highest BCUT2D eigenvalue weighted by atomic mass is 32.2. The summed E-state index contributed by atoms with van der Waals surface area (Å²) < 4.78 is 42.7. The Labute approximate surface area is 255 Å². The van der Waals surface area contributed by atoms with Crippen LogP contribution in [0.4, 0.5) is 10.1 Å². The average Bonchev–Trinajstić information content (AvgIpc) is 3.58. The molecule has 2 bridgehead atoms. The lowest BCUT2D eigenvalue weighted by atomic mass is 9.86. The van der Waals surface area contributed by atoms with Gasteiger partial charge in [0, 0.05) is 24.5 Å². The molecule has 0 spiro atoms. The van der Waals surface area contributed by atoms with E-state index in [0.717, 1.165) is 29.0 Å². The number of hydrogen-bond acceptors (Lipinski definition) is 6. The highest BCUT2D eigenvalue weighted by Crippen LogP contribution is 2.47. The van der Waals surface area contributed by atoms with Crippen molar-refractivity contribution in [2.75, 3.05) is 19.5 Å². The number of carbonyl (C=O) groups is 2. The van der Waals surface area contributed by atoms with Gasteiger partial charge in [-0.1, -0.05) is 27.5 Å². The van der Waals surface area contributed by atoms with Crippen LogP contribution in [0.2, 0.25) is 0 Å². The first-order valence-corrected chi connectivity index (χ1v) is 16.4. The fourth-order valence-corrected chi connectivity index (χ4v) is 7.82. The van der Waals surface area contributed by atoms with Crippen molar-refractivity contribution in [1.82, 2.24) is 9.88 Å². The van der Waals surface area contributed by atoms with Crippen molar-refractivity contribution in [2.45, 2.75) is 35.9 Å². The van der Waals surface area contributed by atoms with Gasteiger partial charge in [-0.25, -0.2) is 12.8 Å². The van der Waals surface area contributed by atoms with Crippen LogP contribution in [0.5, 0.6) is 5.75 Å². The smallest absolute Gasteiger partial charge is 0.257 e. The van der Waals surface area contributed by atoms with Crippen LogP contribution in [0, 0.1) is 24.7 Å². The molecule has 3 aromatic rings. The Hall–Kier alpha value is -3.19. The molecule has 5 rings (SSSR count). The second-order valence-corrected chi connectivity index (χ2v) is 15.6. The molecule has 8 nitrogen and oxygen atoms in total. The average molecular weight is 642 g/mol. The number of halogens is 1. The van der Waals surface area contributed by atoms with Gasteiger partial charge in [-0.15, -0.1) is 9.24 Å². The molecule has 1 saturated carbocycles. The fraction of sp³-hybridized carbons (Fsp3) is 0.323. The third-order valence-corrected chi connectivity index (χ3v) is 11.6. The molecule has 226 valence electrons. The van der Waals surface area contributed by atoms with Crippen molar-refractivity contribution < 1.29 is 27.1 Å². The predicted octanol–water partition coefficient (Wildman–Crippen LogP) is 4.76. The van der Waals surface area contributed by atoms with Crippen molar-refractivity contribution in [1.29, 1.82) is 0 Å². The number of ether oxygens (including phenoxy) is 1. The minimum Gasteiger partial charge on any atom is -0.496 e. The first-order valence-electron chi connectivity index (χ1n) is 13.7. The summed E-state index contributed by atoms with van der Waals surface area (Å²) in [6, 6.07) is 12.5. The molecule has 2 aromatic carbocycles. The van der Waals surface area contributed by atoms with E-state index in [1.807, 2.05) is 31.2 Å². The van der Waals surface area contributed by atoms with Crippen LogP contribution in [0.15, 0.2) is 71.8 Å². The molecule has 1 fully saturated rings. The molecule has 2 aliphatic rings.